The van der Waals surface area contributed by atoms with E-state index in [1.807, 2.05) is 12.3 Å². The van der Waals surface area contributed by atoms with Crippen LogP contribution in [0, 0.1) is 6.92 Å². The van der Waals surface area contributed by atoms with Crippen molar-refractivity contribution >= 4 is 23.2 Å². The molecule has 1 unspecified atom stereocenters. The molecule has 1 amide bonds. The molecule has 1 rings (SSSR count). The number of aryl methyl sites for hydroxylation is 1. The van der Waals surface area contributed by atoms with E-state index in [2.05, 4.69) is 11.9 Å². The minimum Gasteiger partial charge on any atom is -0.480 e. The van der Waals surface area contributed by atoms with Gasteiger partial charge in [0.15, 0.2) is 0 Å². The molecule has 5 heteroatoms. The van der Waals surface area contributed by atoms with E-state index in [9.17, 15) is 9.59 Å². The second kappa shape index (κ2) is 5.46. The van der Waals surface area contributed by atoms with Crippen molar-refractivity contribution in [2.24, 2.45) is 0 Å². The minimum atomic E-state index is -1.05. The third-order valence-corrected chi connectivity index (χ3v) is 2.97. The average Bonchev–Trinajstić information content (AvgIpc) is 2.63. The van der Waals surface area contributed by atoms with Gasteiger partial charge in [-0.15, -0.1) is 6.58 Å². The number of hydrogen-bond acceptors (Lipinski definition) is 3. The average molecular weight is 239 g/mol. The molecule has 0 saturated carbocycles. The van der Waals surface area contributed by atoms with Crippen molar-refractivity contribution < 1.29 is 14.7 Å². The number of thiophene rings is 1. The molecule has 16 heavy (non-hydrogen) atoms. The molecule has 0 fully saturated rings. The molecular weight excluding hydrogens is 226 g/mol. The number of aliphatic carboxylic acids is 1. The monoisotopic (exact) mass is 239 g/mol. The first-order valence-electron chi connectivity index (χ1n) is 4.73. The van der Waals surface area contributed by atoms with Crippen LogP contribution in [0.25, 0.3) is 0 Å². The SMILES string of the molecule is C=CCC(NC(=O)c1cscc1C)C(=O)O. The maximum absolute atomic E-state index is 11.7. The summed E-state index contributed by atoms with van der Waals surface area (Å²) >= 11 is 1.41. The van der Waals surface area contributed by atoms with Crippen LogP contribution in [-0.2, 0) is 4.79 Å². The van der Waals surface area contributed by atoms with Crippen molar-refractivity contribution in [3.05, 3.63) is 34.5 Å². The van der Waals surface area contributed by atoms with Gasteiger partial charge in [-0.25, -0.2) is 4.79 Å². The first-order chi connectivity index (χ1) is 7.56. The predicted octanol–water partition coefficient (Wildman–Crippen LogP) is 1.82. The van der Waals surface area contributed by atoms with Crippen molar-refractivity contribution in [1.82, 2.24) is 5.32 Å². The molecular formula is C11H13NO3S. The van der Waals surface area contributed by atoms with Crippen LogP contribution in [0.15, 0.2) is 23.4 Å². The van der Waals surface area contributed by atoms with Crippen LogP contribution in [0.4, 0.5) is 0 Å². The Morgan fingerprint density at radius 1 is 1.62 bits per heavy atom. The molecule has 0 bridgehead atoms. The van der Waals surface area contributed by atoms with E-state index < -0.39 is 12.0 Å². The van der Waals surface area contributed by atoms with Crippen LogP contribution in [0.3, 0.4) is 0 Å². The van der Waals surface area contributed by atoms with E-state index in [0.29, 0.717) is 5.56 Å². The van der Waals surface area contributed by atoms with Gasteiger partial charge in [-0.2, -0.15) is 11.3 Å². The molecule has 0 aliphatic heterocycles. The van der Waals surface area contributed by atoms with Crippen molar-refractivity contribution in [1.29, 1.82) is 0 Å². The number of carboxylic acids is 1. The van der Waals surface area contributed by atoms with Gasteiger partial charge in [-0.05, 0) is 24.3 Å². The number of carboxylic acid groups (broad SMARTS) is 1. The Balaban J connectivity index is 2.72. The molecule has 1 aromatic heterocycles. The number of hydrogen-bond donors (Lipinski definition) is 2. The lowest BCUT2D eigenvalue weighted by Crippen LogP contribution is -2.40. The van der Waals surface area contributed by atoms with E-state index in [4.69, 9.17) is 5.11 Å². The minimum absolute atomic E-state index is 0.213. The summed E-state index contributed by atoms with van der Waals surface area (Å²) in [6.07, 6.45) is 1.68. The molecule has 0 radical (unpaired) electrons. The Kier molecular flexibility index (Phi) is 4.25. The number of carbonyl (C=O) groups excluding carboxylic acids is 1. The zero-order chi connectivity index (χ0) is 12.1. The topological polar surface area (TPSA) is 66.4 Å². The fraction of sp³-hybridized carbons (Fsp3) is 0.273. The van der Waals surface area contributed by atoms with Gasteiger partial charge >= 0.3 is 5.97 Å². The zero-order valence-corrected chi connectivity index (χ0v) is 9.71. The predicted molar refractivity (Wildman–Crippen MR) is 62.8 cm³/mol. The van der Waals surface area contributed by atoms with Gasteiger partial charge in [0.1, 0.15) is 6.04 Å². The lowest BCUT2D eigenvalue weighted by atomic mass is 10.1. The molecule has 1 atom stereocenters. The molecule has 0 spiro atoms. The highest BCUT2D eigenvalue weighted by Gasteiger charge is 2.20. The normalized spacial score (nSPS) is 11.8. The molecule has 0 aliphatic carbocycles. The fourth-order valence-corrected chi connectivity index (χ4v) is 2.05. The van der Waals surface area contributed by atoms with Crippen LogP contribution >= 0.6 is 11.3 Å². The third kappa shape index (κ3) is 2.93. The first-order valence-corrected chi connectivity index (χ1v) is 5.68. The summed E-state index contributed by atoms with van der Waals surface area (Å²) in [5, 5.41) is 14.9. The molecule has 0 saturated heterocycles. The summed E-state index contributed by atoms with van der Waals surface area (Å²) in [5.74, 6) is -1.41. The van der Waals surface area contributed by atoms with E-state index >= 15 is 0 Å². The van der Waals surface area contributed by atoms with E-state index in [1.54, 1.807) is 5.38 Å². The summed E-state index contributed by atoms with van der Waals surface area (Å²) in [4.78, 5) is 22.5. The van der Waals surface area contributed by atoms with Gasteiger partial charge < -0.3 is 10.4 Å². The molecule has 1 heterocycles. The summed E-state index contributed by atoms with van der Waals surface area (Å²) in [6.45, 7) is 5.27. The fourth-order valence-electron chi connectivity index (χ4n) is 1.22. The number of carbonyl (C=O) groups is 2. The van der Waals surface area contributed by atoms with Gasteiger partial charge in [0, 0.05) is 5.38 Å². The summed E-state index contributed by atoms with van der Waals surface area (Å²) in [6, 6.07) is -0.913. The number of amides is 1. The maximum atomic E-state index is 11.7. The summed E-state index contributed by atoms with van der Waals surface area (Å²) in [7, 11) is 0. The molecule has 1 aromatic rings. The van der Waals surface area contributed by atoms with E-state index in [0.717, 1.165) is 5.56 Å². The van der Waals surface area contributed by atoms with Gasteiger partial charge in [-0.3, -0.25) is 4.79 Å². The van der Waals surface area contributed by atoms with Crippen molar-refractivity contribution in [3.8, 4) is 0 Å². The third-order valence-electron chi connectivity index (χ3n) is 2.11. The van der Waals surface area contributed by atoms with Crippen LogP contribution < -0.4 is 5.32 Å². The van der Waals surface area contributed by atoms with E-state index in [-0.39, 0.29) is 12.3 Å². The molecule has 0 aromatic carbocycles. The highest BCUT2D eigenvalue weighted by Crippen LogP contribution is 2.13. The number of nitrogens with one attached hydrogen (secondary N) is 1. The van der Waals surface area contributed by atoms with Crippen molar-refractivity contribution in [3.63, 3.8) is 0 Å². The van der Waals surface area contributed by atoms with Gasteiger partial charge in [0.2, 0.25) is 0 Å². The molecule has 86 valence electrons. The molecule has 2 N–H and O–H groups in total. The van der Waals surface area contributed by atoms with Crippen molar-refractivity contribution in [2.45, 2.75) is 19.4 Å². The Bertz CT molecular complexity index is 411. The standard InChI is InChI=1S/C11H13NO3S/c1-3-4-9(11(14)15)12-10(13)8-6-16-5-7(8)2/h3,5-6,9H,1,4H2,2H3,(H,12,13)(H,14,15). The zero-order valence-electron chi connectivity index (χ0n) is 8.90. The maximum Gasteiger partial charge on any atom is 0.326 e. The van der Waals surface area contributed by atoms with Crippen LogP contribution in [0.1, 0.15) is 22.3 Å². The lowest BCUT2D eigenvalue weighted by Gasteiger charge is -2.12. The van der Waals surface area contributed by atoms with Crippen LogP contribution in [-0.4, -0.2) is 23.0 Å². The Labute approximate surface area is 97.6 Å². The number of rotatable bonds is 5. The summed E-state index contributed by atoms with van der Waals surface area (Å²) in [5.41, 5.74) is 1.38. The smallest absolute Gasteiger partial charge is 0.326 e. The molecule has 4 nitrogen and oxygen atoms in total. The Hall–Kier alpha value is -1.62. The second-order valence-electron chi connectivity index (χ2n) is 3.36. The largest absolute Gasteiger partial charge is 0.480 e. The van der Waals surface area contributed by atoms with Crippen molar-refractivity contribution in [2.75, 3.05) is 0 Å². The molecule has 0 aliphatic rings. The van der Waals surface area contributed by atoms with Gasteiger partial charge in [0.05, 0.1) is 5.56 Å². The Morgan fingerprint density at radius 3 is 2.75 bits per heavy atom. The van der Waals surface area contributed by atoms with E-state index in [1.165, 1.54) is 17.4 Å². The lowest BCUT2D eigenvalue weighted by molar-refractivity contribution is -0.139. The van der Waals surface area contributed by atoms with Crippen LogP contribution in [0.5, 0.6) is 0 Å². The highest BCUT2D eigenvalue weighted by molar-refractivity contribution is 7.08. The quantitative estimate of drug-likeness (QED) is 0.770. The van der Waals surface area contributed by atoms with Gasteiger partial charge in [-0.1, -0.05) is 6.08 Å². The van der Waals surface area contributed by atoms with Gasteiger partial charge in [0.25, 0.3) is 5.91 Å². The Morgan fingerprint density at radius 2 is 2.31 bits per heavy atom. The van der Waals surface area contributed by atoms with Crippen LogP contribution in [0.2, 0.25) is 0 Å². The second-order valence-corrected chi connectivity index (χ2v) is 4.10. The summed E-state index contributed by atoms with van der Waals surface area (Å²) < 4.78 is 0. The first kappa shape index (κ1) is 12.4. The highest BCUT2D eigenvalue weighted by atomic mass is 32.1.